The SMILES string of the molecule is C[C@H](SCC(=O)Nc1ccc(F)cc1)C(=O)O[C@H](C)C(=O)NC1CCCCCC1. The first-order valence-electron chi connectivity index (χ1n) is 10.0. The highest BCUT2D eigenvalue weighted by molar-refractivity contribution is 8.01. The lowest BCUT2D eigenvalue weighted by molar-refractivity contribution is -0.154. The monoisotopic (exact) mass is 424 g/mol. The van der Waals surface area contributed by atoms with Crippen LogP contribution in [0.3, 0.4) is 0 Å². The van der Waals surface area contributed by atoms with Gasteiger partial charge in [0, 0.05) is 11.7 Å². The first-order valence-corrected chi connectivity index (χ1v) is 11.1. The summed E-state index contributed by atoms with van der Waals surface area (Å²) in [7, 11) is 0. The van der Waals surface area contributed by atoms with Gasteiger partial charge in [0.15, 0.2) is 6.10 Å². The molecule has 160 valence electrons. The van der Waals surface area contributed by atoms with Gasteiger partial charge in [0.1, 0.15) is 11.1 Å². The van der Waals surface area contributed by atoms with Crippen LogP contribution >= 0.6 is 11.8 Å². The summed E-state index contributed by atoms with van der Waals surface area (Å²) in [4.78, 5) is 36.5. The molecule has 1 aliphatic rings. The van der Waals surface area contributed by atoms with E-state index in [2.05, 4.69) is 10.6 Å². The van der Waals surface area contributed by atoms with Crippen LogP contribution in [0.5, 0.6) is 0 Å². The number of nitrogens with one attached hydrogen (secondary N) is 2. The number of thioether (sulfide) groups is 1. The molecular formula is C21H29FN2O4S. The molecule has 2 amide bonds. The number of carbonyl (C=O) groups excluding carboxylic acids is 3. The molecule has 0 unspecified atom stereocenters. The van der Waals surface area contributed by atoms with Crippen LogP contribution in [-0.4, -0.2) is 40.9 Å². The Morgan fingerprint density at radius 1 is 1.10 bits per heavy atom. The van der Waals surface area contributed by atoms with E-state index in [1.807, 2.05) is 0 Å². The van der Waals surface area contributed by atoms with E-state index < -0.39 is 17.3 Å². The lowest BCUT2D eigenvalue weighted by Gasteiger charge is -2.20. The van der Waals surface area contributed by atoms with E-state index in [0.29, 0.717) is 5.69 Å². The van der Waals surface area contributed by atoms with Gasteiger partial charge in [-0.3, -0.25) is 14.4 Å². The lowest BCUT2D eigenvalue weighted by Crippen LogP contribution is -2.42. The molecular weight excluding hydrogens is 395 g/mol. The van der Waals surface area contributed by atoms with E-state index in [0.717, 1.165) is 37.4 Å². The Labute approximate surface area is 175 Å². The molecule has 1 aromatic rings. The minimum absolute atomic E-state index is 0.0380. The predicted octanol–water partition coefficient (Wildman–Crippen LogP) is 3.66. The summed E-state index contributed by atoms with van der Waals surface area (Å²) in [5, 5.41) is 5.01. The third-order valence-electron chi connectivity index (χ3n) is 4.79. The normalized spacial score (nSPS) is 16.9. The summed E-state index contributed by atoms with van der Waals surface area (Å²) in [5.41, 5.74) is 0.482. The second kappa shape index (κ2) is 11.8. The zero-order chi connectivity index (χ0) is 21.2. The van der Waals surface area contributed by atoms with E-state index in [9.17, 15) is 18.8 Å². The minimum atomic E-state index is -0.873. The second-order valence-corrected chi connectivity index (χ2v) is 8.61. The average molecular weight is 425 g/mol. The van der Waals surface area contributed by atoms with E-state index in [-0.39, 0.29) is 29.4 Å². The molecule has 2 atom stereocenters. The number of ether oxygens (including phenoxy) is 1. The standard InChI is InChI=1S/C21H29FN2O4S/c1-14(20(26)24-17-7-5-3-4-6-8-17)28-21(27)15(2)29-13-19(25)23-18-11-9-16(22)10-12-18/h9-12,14-15,17H,3-8,13H2,1-2H3,(H,23,25)(H,24,26)/t14-,15+/m1/s1. The highest BCUT2D eigenvalue weighted by Crippen LogP contribution is 2.18. The van der Waals surface area contributed by atoms with E-state index in [4.69, 9.17) is 4.74 Å². The smallest absolute Gasteiger partial charge is 0.319 e. The van der Waals surface area contributed by atoms with Crippen LogP contribution in [0.25, 0.3) is 0 Å². The van der Waals surface area contributed by atoms with Crippen LogP contribution in [0, 0.1) is 5.82 Å². The third kappa shape index (κ3) is 8.43. The van der Waals surface area contributed by atoms with Gasteiger partial charge in [0.05, 0.1) is 5.75 Å². The number of halogens is 1. The Morgan fingerprint density at radius 3 is 2.34 bits per heavy atom. The number of esters is 1. The topological polar surface area (TPSA) is 84.5 Å². The fourth-order valence-electron chi connectivity index (χ4n) is 3.06. The maximum Gasteiger partial charge on any atom is 0.319 e. The van der Waals surface area contributed by atoms with Gasteiger partial charge < -0.3 is 15.4 Å². The molecule has 0 radical (unpaired) electrons. The molecule has 0 saturated heterocycles. The molecule has 1 saturated carbocycles. The first-order chi connectivity index (χ1) is 13.8. The zero-order valence-electron chi connectivity index (χ0n) is 16.9. The second-order valence-electron chi connectivity index (χ2n) is 7.28. The highest BCUT2D eigenvalue weighted by Gasteiger charge is 2.25. The summed E-state index contributed by atoms with van der Waals surface area (Å²) in [6, 6.07) is 5.58. The van der Waals surface area contributed by atoms with Gasteiger partial charge in [-0.2, -0.15) is 0 Å². The van der Waals surface area contributed by atoms with Crippen LogP contribution in [-0.2, 0) is 19.1 Å². The van der Waals surface area contributed by atoms with Gasteiger partial charge in [0.25, 0.3) is 5.91 Å². The largest absolute Gasteiger partial charge is 0.452 e. The number of anilines is 1. The average Bonchev–Trinajstić information content (AvgIpc) is 2.96. The van der Waals surface area contributed by atoms with Crippen LogP contribution in [0.4, 0.5) is 10.1 Å². The lowest BCUT2D eigenvalue weighted by atomic mass is 10.1. The zero-order valence-corrected chi connectivity index (χ0v) is 17.7. The van der Waals surface area contributed by atoms with Crippen LogP contribution in [0.2, 0.25) is 0 Å². The van der Waals surface area contributed by atoms with Crippen LogP contribution < -0.4 is 10.6 Å². The quantitative estimate of drug-likeness (QED) is 0.491. The molecule has 29 heavy (non-hydrogen) atoms. The summed E-state index contributed by atoms with van der Waals surface area (Å²) in [6.07, 6.45) is 5.64. The summed E-state index contributed by atoms with van der Waals surface area (Å²) < 4.78 is 18.1. The first kappa shape index (κ1) is 23.2. The summed E-state index contributed by atoms with van der Waals surface area (Å²) in [5.74, 6) is -1.47. The van der Waals surface area contributed by atoms with Crippen molar-refractivity contribution < 1.29 is 23.5 Å². The molecule has 0 aromatic heterocycles. The predicted molar refractivity (Wildman–Crippen MR) is 112 cm³/mol. The van der Waals surface area contributed by atoms with Gasteiger partial charge in [-0.1, -0.05) is 25.7 Å². The number of carbonyl (C=O) groups is 3. The molecule has 0 aliphatic heterocycles. The number of amides is 2. The van der Waals surface area contributed by atoms with E-state index >= 15 is 0 Å². The number of benzene rings is 1. The molecule has 1 fully saturated rings. The van der Waals surface area contributed by atoms with Crippen molar-refractivity contribution >= 4 is 35.2 Å². The van der Waals surface area contributed by atoms with Gasteiger partial charge in [-0.05, 0) is 51.0 Å². The third-order valence-corrected chi connectivity index (χ3v) is 5.91. The van der Waals surface area contributed by atoms with Crippen molar-refractivity contribution in [1.82, 2.24) is 5.32 Å². The Morgan fingerprint density at radius 2 is 1.72 bits per heavy atom. The van der Waals surface area contributed by atoms with Crippen molar-refractivity contribution in [1.29, 1.82) is 0 Å². The number of hydrogen-bond donors (Lipinski definition) is 2. The molecule has 8 heteroatoms. The fraction of sp³-hybridized carbons (Fsp3) is 0.571. The van der Waals surface area contributed by atoms with Crippen LogP contribution in [0.15, 0.2) is 24.3 Å². The molecule has 0 heterocycles. The van der Waals surface area contributed by atoms with Crippen molar-refractivity contribution in [2.45, 2.75) is 69.8 Å². The van der Waals surface area contributed by atoms with E-state index in [1.165, 1.54) is 37.1 Å². The maximum atomic E-state index is 12.9. The van der Waals surface area contributed by atoms with Gasteiger partial charge in [-0.15, -0.1) is 11.8 Å². The Hall–Kier alpha value is -2.09. The van der Waals surface area contributed by atoms with E-state index in [1.54, 1.807) is 13.8 Å². The van der Waals surface area contributed by atoms with Crippen molar-refractivity contribution in [2.75, 3.05) is 11.1 Å². The Bertz CT molecular complexity index is 690. The fourth-order valence-corrected chi connectivity index (χ4v) is 3.73. The molecule has 1 aromatic carbocycles. The van der Waals surface area contributed by atoms with Gasteiger partial charge >= 0.3 is 5.97 Å². The summed E-state index contributed by atoms with van der Waals surface area (Å²) >= 11 is 1.11. The van der Waals surface area contributed by atoms with Gasteiger partial charge in [-0.25, -0.2) is 4.39 Å². The maximum absolute atomic E-state index is 12.9. The van der Waals surface area contributed by atoms with Gasteiger partial charge in [0.2, 0.25) is 5.91 Å². The number of hydrogen-bond acceptors (Lipinski definition) is 5. The highest BCUT2D eigenvalue weighted by atomic mass is 32.2. The van der Waals surface area contributed by atoms with Crippen molar-refractivity contribution in [3.8, 4) is 0 Å². The minimum Gasteiger partial charge on any atom is -0.452 e. The molecule has 1 aliphatic carbocycles. The Balaban J connectivity index is 1.70. The number of rotatable bonds is 8. The molecule has 0 bridgehead atoms. The molecule has 2 N–H and O–H groups in total. The summed E-state index contributed by atoms with van der Waals surface area (Å²) in [6.45, 7) is 3.19. The molecule has 2 rings (SSSR count). The van der Waals surface area contributed by atoms with Crippen molar-refractivity contribution in [3.05, 3.63) is 30.1 Å². The molecule has 0 spiro atoms. The van der Waals surface area contributed by atoms with Crippen molar-refractivity contribution in [3.63, 3.8) is 0 Å². The molecule has 6 nitrogen and oxygen atoms in total. The van der Waals surface area contributed by atoms with Crippen LogP contribution in [0.1, 0.15) is 52.4 Å². The van der Waals surface area contributed by atoms with Crippen molar-refractivity contribution in [2.24, 2.45) is 0 Å². The Kier molecular flexibility index (Phi) is 9.44.